The van der Waals surface area contributed by atoms with E-state index in [0.717, 1.165) is 0 Å². The molecule has 0 radical (unpaired) electrons. The van der Waals surface area contributed by atoms with E-state index < -0.39 is 0 Å². The molecule has 19 N–H and O–H groups in total. The highest BCUT2D eigenvalue weighted by molar-refractivity contribution is 6.11. The van der Waals surface area contributed by atoms with Gasteiger partial charge >= 0.3 is 0 Å². The van der Waals surface area contributed by atoms with Crippen molar-refractivity contribution in [1.29, 1.82) is 5.41 Å². The van der Waals surface area contributed by atoms with Crippen LogP contribution >= 0.6 is 0 Å². The fourth-order valence-corrected chi connectivity index (χ4v) is 3.01. The summed E-state index contributed by atoms with van der Waals surface area (Å²) in [5, 5.41) is 8.43. The van der Waals surface area contributed by atoms with Gasteiger partial charge < -0.3 is 56.0 Å². The Morgan fingerprint density at radius 1 is 0.593 bits per heavy atom. The number of nitrogen functional groups attached to an aromatic ring is 9. The molecule has 11 heteroatoms. The molecular formula is C16H22N10O. The van der Waals surface area contributed by atoms with E-state index in [0.29, 0.717) is 11.1 Å². The van der Waals surface area contributed by atoms with Crippen molar-refractivity contribution < 1.29 is 4.42 Å². The molecule has 0 aliphatic heterocycles. The maximum atomic E-state index is 8.43. The second-order valence-corrected chi connectivity index (χ2v) is 6.23. The average molecular weight is 370 g/mol. The number of nitrogens with one attached hydrogen (secondary N) is 1. The van der Waals surface area contributed by atoms with Gasteiger partial charge in [-0.1, -0.05) is 0 Å². The van der Waals surface area contributed by atoms with Gasteiger partial charge in [0, 0.05) is 5.56 Å². The molecule has 3 rings (SSSR count). The molecule has 27 heavy (non-hydrogen) atoms. The Labute approximate surface area is 153 Å². The number of benzene rings is 2. The summed E-state index contributed by atoms with van der Waals surface area (Å²) in [5.74, 6) is 0.0520. The Morgan fingerprint density at radius 3 is 1.67 bits per heavy atom. The highest BCUT2D eigenvalue weighted by atomic mass is 16.3. The van der Waals surface area contributed by atoms with Gasteiger partial charge in [-0.2, -0.15) is 0 Å². The third kappa shape index (κ3) is 2.11. The summed E-state index contributed by atoms with van der Waals surface area (Å²) in [6.07, 6.45) is 0. The normalized spacial score (nSPS) is 11.1. The highest BCUT2D eigenvalue weighted by Crippen LogP contribution is 2.45. The predicted octanol–water partition coefficient (Wildman–Crippen LogP) is 0.127. The number of anilines is 9. The monoisotopic (exact) mass is 370 g/mol. The lowest BCUT2D eigenvalue weighted by Crippen LogP contribution is -2.16. The van der Waals surface area contributed by atoms with Crippen molar-refractivity contribution in [2.45, 2.75) is 6.92 Å². The number of fused-ring (bicyclic) bond motifs is 1. The van der Waals surface area contributed by atoms with Crippen molar-refractivity contribution in [2.75, 3.05) is 51.6 Å². The lowest BCUT2D eigenvalue weighted by atomic mass is 9.97. The lowest BCUT2D eigenvalue weighted by Gasteiger charge is -2.19. The SMILES string of the molecule is Cc1c(N)c(N)c(N)c(N)c1-c1oc2c(N)c(N)c(N)c(N)c2c(=N)c1N. The van der Waals surface area contributed by atoms with Crippen LogP contribution in [0, 0.1) is 12.3 Å². The molecule has 0 saturated heterocycles. The van der Waals surface area contributed by atoms with E-state index in [1.165, 1.54) is 0 Å². The van der Waals surface area contributed by atoms with E-state index in [4.69, 9.17) is 61.4 Å². The van der Waals surface area contributed by atoms with Crippen LogP contribution in [0.2, 0.25) is 0 Å². The van der Waals surface area contributed by atoms with E-state index in [9.17, 15) is 0 Å². The molecular weight excluding hydrogens is 348 g/mol. The predicted molar refractivity (Wildman–Crippen MR) is 112 cm³/mol. The van der Waals surface area contributed by atoms with Crippen LogP contribution in [0.3, 0.4) is 0 Å². The molecule has 0 saturated carbocycles. The van der Waals surface area contributed by atoms with Gasteiger partial charge in [-0.05, 0) is 12.5 Å². The standard InChI is InChI=1S/C16H22N10O/c1-2-3(6(18)10(22)9(21)5(2)17)15-13(25)8(20)4-7(19)11(23)12(24)14(26)16(4)27-15/h20H,17-19,21-26H2,1H3. The minimum absolute atomic E-state index is 0.0269. The lowest BCUT2D eigenvalue weighted by molar-refractivity contribution is 0.622. The van der Waals surface area contributed by atoms with Crippen LogP contribution in [0.4, 0.5) is 51.2 Å². The quantitative estimate of drug-likeness (QED) is 0.258. The smallest absolute Gasteiger partial charge is 0.164 e. The zero-order chi connectivity index (χ0) is 20.4. The molecule has 1 aromatic heterocycles. The van der Waals surface area contributed by atoms with Crippen molar-refractivity contribution in [1.82, 2.24) is 0 Å². The molecule has 0 fully saturated rings. The second-order valence-electron chi connectivity index (χ2n) is 6.23. The fraction of sp³-hybridized carbons (Fsp3) is 0.0625. The first-order chi connectivity index (χ1) is 12.5. The van der Waals surface area contributed by atoms with Crippen molar-refractivity contribution in [3.05, 3.63) is 10.9 Å². The Morgan fingerprint density at radius 2 is 1.07 bits per heavy atom. The molecule has 0 atom stereocenters. The van der Waals surface area contributed by atoms with E-state index in [2.05, 4.69) is 0 Å². The van der Waals surface area contributed by atoms with Crippen molar-refractivity contribution in [3.63, 3.8) is 0 Å². The number of nitrogens with two attached hydrogens (primary N) is 9. The van der Waals surface area contributed by atoms with Gasteiger partial charge in [0.1, 0.15) is 11.4 Å². The molecule has 1 heterocycles. The van der Waals surface area contributed by atoms with Crippen molar-refractivity contribution in [3.8, 4) is 11.3 Å². The van der Waals surface area contributed by atoms with Crippen LogP contribution < -0.4 is 57.0 Å². The summed E-state index contributed by atoms with van der Waals surface area (Å²) in [4.78, 5) is 0. The molecule has 0 amide bonds. The summed E-state index contributed by atoms with van der Waals surface area (Å²) in [5.41, 5.74) is 55.4. The molecule has 0 unspecified atom stereocenters. The minimum Gasteiger partial charge on any atom is -0.451 e. The third-order valence-electron chi connectivity index (χ3n) is 4.73. The van der Waals surface area contributed by atoms with Crippen LogP contribution in [0.25, 0.3) is 22.3 Å². The van der Waals surface area contributed by atoms with Crippen molar-refractivity contribution in [2.24, 2.45) is 0 Å². The topological polar surface area (TPSA) is 271 Å². The maximum Gasteiger partial charge on any atom is 0.164 e. The van der Waals surface area contributed by atoms with Gasteiger partial charge in [0.25, 0.3) is 0 Å². The molecule has 0 bridgehead atoms. The van der Waals surface area contributed by atoms with Crippen LogP contribution in [-0.2, 0) is 0 Å². The Kier molecular flexibility index (Phi) is 3.55. The van der Waals surface area contributed by atoms with Gasteiger partial charge in [0.05, 0.1) is 50.6 Å². The molecule has 2 aromatic carbocycles. The van der Waals surface area contributed by atoms with Gasteiger partial charge in [0.2, 0.25) is 0 Å². The van der Waals surface area contributed by atoms with Crippen LogP contribution in [0.15, 0.2) is 4.42 Å². The first-order valence-corrected chi connectivity index (χ1v) is 7.76. The summed E-state index contributed by atoms with van der Waals surface area (Å²) >= 11 is 0. The van der Waals surface area contributed by atoms with E-state index >= 15 is 0 Å². The Balaban J connectivity index is 2.57. The molecule has 0 spiro atoms. The first kappa shape index (κ1) is 17.7. The van der Waals surface area contributed by atoms with Gasteiger partial charge in [-0.15, -0.1) is 0 Å². The number of rotatable bonds is 1. The van der Waals surface area contributed by atoms with Crippen LogP contribution in [-0.4, -0.2) is 0 Å². The van der Waals surface area contributed by atoms with Crippen molar-refractivity contribution >= 4 is 62.2 Å². The van der Waals surface area contributed by atoms with E-state index in [1.807, 2.05) is 0 Å². The van der Waals surface area contributed by atoms with E-state index in [1.54, 1.807) is 6.92 Å². The Bertz CT molecular complexity index is 1170. The maximum absolute atomic E-state index is 8.43. The summed E-state index contributed by atoms with van der Waals surface area (Å²) in [6, 6.07) is 0. The van der Waals surface area contributed by atoms with Gasteiger partial charge in [0.15, 0.2) is 11.3 Å². The third-order valence-corrected chi connectivity index (χ3v) is 4.73. The molecule has 0 aliphatic rings. The minimum atomic E-state index is -0.144. The molecule has 142 valence electrons. The summed E-state index contributed by atoms with van der Waals surface area (Å²) in [7, 11) is 0. The molecule has 3 aromatic rings. The largest absolute Gasteiger partial charge is 0.451 e. The fourth-order valence-electron chi connectivity index (χ4n) is 3.01. The Hall–Kier alpha value is -4.15. The van der Waals surface area contributed by atoms with Gasteiger partial charge in [-0.3, -0.25) is 5.41 Å². The zero-order valence-electron chi connectivity index (χ0n) is 14.6. The molecule has 0 aliphatic carbocycles. The highest BCUT2D eigenvalue weighted by Gasteiger charge is 2.24. The number of hydrogen-bond donors (Lipinski definition) is 10. The summed E-state index contributed by atoms with van der Waals surface area (Å²) < 4.78 is 5.90. The van der Waals surface area contributed by atoms with Crippen LogP contribution in [0.5, 0.6) is 0 Å². The zero-order valence-corrected chi connectivity index (χ0v) is 14.6. The van der Waals surface area contributed by atoms with E-state index in [-0.39, 0.29) is 73.3 Å². The first-order valence-electron chi connectivity index (χ1n) is 7.76. The second kappa shape index (κ2) is 5.42. The number of hydrogen-bond acceptors (Lipinski definition) is 11. The summed E-state index contributed by atoms with van der Waals surface area (Å²) in [6.45, 7) is 1.68. The van der Waals surface area contributed by atoms with Crippen LogP contribution in [0.1, 0.15) is 5.56 Å². The molecule has 11 nitrogen and oxygen atoms in total. The average Bonchev–Trinajstić information content (AvgIpc) is 2.64. The van der Waals surface area contributed by atoms with Gasteiger partial charge in [-0.25, -0.2) is 0 Å².